The van der Waals surface area contributed by atoms with Gasteiger partial charge in [-0.2, -0.15) is 0 Å². The van der Waals surface area contributed by atoms with Crippen molar-refractivity contribution in [3.63, 3.8) is 0 Å². The van der Waals surface area contributed by atoms with Gasteiger partial charge in [-0.05, 0) is 46.7 Å². The first kappa shape index (κ1) is 16.3. The maximum atomic E-state index is 14.5. The van der Waals surface area contributed by atoms with Gasteiger partial charge in [0, 0.05) is 5.39 Å². The lowest BCUT2D eigenvalue weighted by atomic mass is 9.98. The lowest BCUT2D eigenvalue weighted by molar-refractivity contribution is 0.363. The second-order valence-electron chi connectivity index (χ2n) is 5.85. The molecule has 0 fully saturated rings. The molecule has 0 unspecified atom stereocenters. The maximum Gasteiger partial charge on any atom is 0.134 e. The summed E-state index contributed by atoms with van der Waals surface area (Å²) < 4.78 is 20.0. The van der Waals surface area contributed by atoms with E-state index in [9.17, 15) is 4.39 Å². The summed E-state index contributed by atoms with van der Waals surface area (Å²) in [5, 5.41) is 1.62. The van der Waals surface area contributed by atoms with E-state index in [4.69, 9.17) is 4.74 Å². The summed E-state index contributed by atoms with van der Waals surface area (Å²) in [5.41, 5.74) is 2.95. The SMILES string of the molecule is C=CCOc1ccc(-c2ccc3c(F)c(CCC)ccc3c2)cc1. The van der Waals surface area contributed by atoms with Crippen molar-refractivity contribution in [1.82, 2.24) is 0 Å². The first-order valence-electron chi connectivity index (χ1n) is 8.28. The van der Waals surface area contributed by atoms with Crippen LogP contribution in [0.1, 0.15) is 18.9 Å². The van der Waals surface area contributed by atoms with E-state index in [0.29, 0.717) is 12.0 Å². The van der Waals surface area contributed by atoms with E-state index < -0.39 is 0 Å². The van der Waals surface area contributed by atoms with Crippen molar-refractivity contribution in [1.29, 1.82) is 0 Å². The highest BCUT2D eigenvalue weighted by atomic mass is 19.1. The fraction of sp³-hybridized carbons (Fsp3) is 0.182. The number of hydrogen-bond donors (Lipinski definition) is 0. The highest BCUT2D eigenvalue weighted by Gasteiger charge is 2.08. The summed E-state index contributed by atoms with van der Waals surface area (Å²) in [7, 11) is 0. The molecule has 0 heterocycles. The summed E-state index contributed by atoms with van der Waals surface area (Å²) in [6.45, 7) is 6.20. The Morgan fingerprint density at radius 3 is 2.46 bits per heavy atom. The number of hydrogen-bond acceptors (Lipinski definition) is 1. The number of benzene rings is 3. The summed E-state index contributed by atoms with van der Waals surface area (Å²) >= 11 is 0. The standard InChI is InChI=1S/C22H21FO/c1-3-5-17-6-7-19-15-18(10-13-21(19)22(17)23)16-8-11-20(12-9-16)24-14-4-2/h4,6-13,15H,2-3,5,14H2,1H3. The van der Waals surface area contributed by atoms with Crippen molar-refractivity contribution in [2.75, 3.05) is 6.61 Å². The molecule has 0 saturated carbocycles. The highest BCUT2D eigenvalue weighted by molar-refractivity contribution is 5.88. The van der Waals surface area contributed by atoms with Crippen LogP contribution in [0.2, 0.25) is 0 Å². The molecule has 3 rings (SSSR count). The molecule has 0 aliphatic rings. The van der Waals surface area contributed by atoms with Gasteiger partial charge in [0.15, 0.2) is 0 Å². The summed E-state index contributed by atoms with van der Waals surface area (Å²) in [6, 6.07) is 17.7. The Labute approximate surface area is 142 Å². The van der Waals surface area contributed by atoms with Crippen molar-refractivity contribution in [3.8, 4) is 16.9 Å². The van der Waals surface area contributed by atoms with Gasteiger partial charge in [-0.1, -0.05) is 62.4 Å². The topological polar surface area (TPSA) is 9.23 Å². The minimum Gasteiger partial charge on any atom is -0.490 e. The van der Waals surface area contributed by atoms with Gasteiger partial charge in [0.25, 0.3) is 0 Å². The summed E-state index contributed by atoms with van der Waals surface area (Å²) in [5.74, 6) is 0.726. The molecule has 0 saturated heterocycles. The van der Waals surface area contributed by atoms with Gasteiger partial charge in [0.05, 0.1) is 0 Å². The van der Waals surface area contributed by atoms with Crippen LogP contribution in [-0.2, 0) is 6.42 Å². The molecule has 0 spiro atoms. The van der Waals surface area contributed by atoms with Crippen LogP contribution in [0.15, 0.2) is 67.3 Å². The Bertz CT molecular complexity index is 850. The second kappa shape index (κ2) is 7.31. The van der Waals surface area contributed by atoms with Gasteiger partial charge in [-0.15, -0.1) is 0 Å². The zero-order valence-corrected chi connectivity index (χ0v) is 13.9. The third-order valence-corrected chi connectivity index (χ3v) is 4.11. The average Bonchev–Trinajstić information content (AvgIpc) is 2.62. The van der Waals surface area contributed by atoms with Gasteiger partial charge >= 0.3 is 0 Å². The van der Waals surface area contributed by atoms with Crippen LogP contribution in [0, 0.1) is 5.82 Å². The Morgan fingerprint density at radius 1 is 1.00 bits per heavy atom. The van der Waals surface area contributed by atoms with E-state index in [0.717, 1.165) is 40.7 Å². The van der Waals surface area contributed by atoms with Crippen LogP contribution in [0.25, 0.3) is 21.9 Å². The van der Waals surface area contributed by atoms with Gasteiger partial charge < -0.3 is 4.74 Å². The van der Waals surface area contributed by atoms with Crippen LogP contribution in [0.4, 0.5) is 4.39 Å². The van der Waals surface area contributed by atoms with Gasteiger partial charge in [-0.3, -0.25) is 0 Å². The summed E-state index contributed by atoms with van der Waals surface area (Å²) in [6.07, 6.45) is 3.44. The molecule has 2 heteroatoms. The quantitative estimate of drug-likeness (QED) is 0.494. The molecule has 0 aliphatic carbocycles. The average molecular weight is 320 g/mol. The first-order chi connectivity index (χ1) is 11.7. The monoisotopic (exact) mass is 320 g/mol. The van der Waals surface area contributed by atoms with E-state index in [2.05, 4.69) is 13.5 Å². The van der Waals surface area contributed by atoms with E-state index in [1.165, 1.54) is 0 Å². The van der Waals surface area contributed by atoms with E-state index in [-0.39, 0.29) is 5.82 Å². The molecule has 0 N–H and O–H groups in total. The number of aryl methyl sites for hydroxylation is 1. The predicted molar refractivity (Wildman–Crippen MR) is 99.0 cm³/mol. The zero-order valence-electron chi connectivity index (χ0n) is 13.9. The van der Waals surface area contributed by atoms with Crippen molar-refractivity contribution < 1.29 is 9.13 Å². The largest absolute Gasteiger partial charge is 0.490 e. The number of fused-ring (bicyclic) bond motifs is 1. The van der Waals surface area contributed by atoms with Crippen molar-refractivity contribution in [2.45, 2.75) is 19.8 Å². The van der Waals surface area contributed by atoms with Crippen molar-refractivity contribution >= 4 is 10.8 Å². The molecule has 3 aromatic rings. The van der Waals surface area contributed by atoms with Crippen molar-refractivity contribution in [2.24, 2.45) is 0 Å². The molecule has 3 aromatic carbocycles. The van der Waals surface area contributed by atoms with E-state index in [1.54, 1.807) is 6.08 Å². The molecule has 122 valence electrons. The first-order valence-corrected chi connectivity index (χ1v) is 8.28. The van der Waals surface area contributed by atoms with Gasteiger partial charge in [0.1, 0.15) is 18.2 Å². The third-order valence-electron chi connectivity index (χ3n) is 4.11. The fourth-order valence-electron chi connectivity index (χ4n) is 2.88. The van der Waals surface area contributed by atoms with Crippen molar-refractivity contribution in [3.05, 3.63) is 78.6 Å². The molecule has 0 atom stereocenters. The third kappa shape index (κ3) is 3.33. The van der Waals surface area contributed by atoms with E-state index in [1.807, 2.05) is 54.6 Å². The lowest BCUT2D eigenvalue weighted by Gasteiger charge is -2.09. The van der Waals surface area contributed by atoms with E-state index >= 15 is 0 Å². The molecule has 0 bridgehead atoms. The van der Waals surface area contributed by atoms with Crippen LogP contribution in [0.5, 0.6) is 5.75 Å². The number of rotatable bonds is 6. The molecule has 0 amide bonds. The fourth-order valence-corrected chi connectivity index (χ4v) is 2.88. The molecule has 24 heavy (non-hydrogen) atoms. The Balaban J connectivity index is 1.93. The molecule has 0 aliphatic heterocycles. The maximum absolute atomic E-state index is 14.5. The van der Waals surface area contributed by atoms with Crippen LogP contribution < -0.4 is 4.74 Å². The number of ether oxygens (including phenoxy) is 1. The lowest BCUT2D eigenvalue weighted by Crippen LogP contribution is -1.92. The molecular formula is C22H21FO. The van der Waals surface area contributed by atoms with Gasteiger partial charge in [-0.25, -0.2) is 4.39 Å². The number of halogens is 1. The normalized spacial score (nSPS) is 10.8. The van der Waals surface area contributed by atoms with Crippen LogP contribution in [0.3, 0.4) is 0 Å². The molecule has 1 nitrogen and oxygen atoms in total. The Kier molecular flexibility index (Phi) is 4.95. The Morgan fingerprint density at radius 2 is 1.75 bits per heavy atom. The van der Waals surface area contributed by atoms with Crippen LogP contribution >= 0.6 is 0 Å². The minimum absolute atomic E-state index is 0.0888. The second-order valence-corrected chi connectivity index (χ2v) is 5.85. The predicted octanol–water partition coefficient (Wildman–Crippen LogP) is 6.16. The van der Waals surface area contributed by atoms with Gasteiger partial charge in [0.2, 0.25) is 0 Å². The minimum atomic E-state index is -0.0888. The smallest absolute Gasteiger partial charge is 0.134 e. The zero-order chi connectivity index (χ0) is 16.9. The molecule has 0 aromatic heterocycles. The highest BCUT2D eigenvalue weighted by Crippen LogP contribution is 2.29. The van der Waals surface area contributed by atoms with Crippen LogP contribution in [-0.4, -0.2) is 6.61 Å². The summed E-state index contributed by atoms with van der Waals surface area (Å²) in [4.78, 5) is 0. The Hall–Kier alpha value is -2.61. The molecule has 0 radical (unpaired) electrons. The molecular weight excluding hydrogens is 299 g/mol.